The second-order valence-electron chi connectivity index (χ2n) is 5.92. The molecule has 1 atom stereocenters. The highest BCUT2D eigenvalue weighted by Crippen LogP contribution is 2.41. The Morgan fingerprint density at radius 3 is 2.76 bits per heavy atom. The maximum Gasteiger partial charge on any atom is 0.249 e. The zero-order valence-corrected chi connectivity index (χ0v) is 14.0. The van der Waals surface area contributed by atoms with Crippen LogP contribution in [0.1, 0.15) is 25.3 Å². The van der Waals surface area contributed by atoms with Crippen LogP contribution in [0.15, 0.2) is 22.7 Å². The molecule has 3 rings (SSSR count). The number of amides is 2. The van der Waals surface area contributed by atoms with E-state index in [-0.39, 0.29) is 24.3 Å². The van der Waals surface area contributed by atoms with Crippen LogP contribution in [-0.2, 0) is 16.1 Å². The maximum absolute atomic E-state index is 12.7. The fourth-order valence-corrected chi connectivity index (χ4v) is 3.61. The number of nitrogens with zero attached hydrogens (tertiary/aromatic N) is 1. The van der Waals surface area contributed by atoms with Crippen molar-refractivity contribution in [3.8, 4) is 0 Å². The Kier molecular flexibility index (Phi) is 3.74. The molecule has 1 aliphatic heterocycles. The van der Waals surface area contributed by atoms with Gasteiger partial charge in [0.2, 0.25) is 11.8 Å². The number of carbonyl (C=O) groups excluding carboxylic acids is 2. The van der Waals surface area contributed by atoms with Gasteiger partial charge in [-0.15, -0.1) is 0 Å². The predicted molar refractivity (Wildman–Crippen MR) is 83.8 cm³/mol. The van der Waals surface area contributed by atoms with Gasteiger partial charge >= 0.3 is 0 Å². The molecule has 1 saturated carbocycles. The van der Waals surface area contributed by atoms with Gasteiger partial charge in [0.25, 0.3) is 0 Å². The van der Waals surface area contributed by atoms with Crippen LogP contribution in [0.25, 0.3) is 0 Å². The largest absolute Gasteiger partial charge is 0.340 e. The molecule has 1 aromatic rings. The Bertz CT molecular complexity index is 618. The Morgan fingerprint density at radius 2 is 2.14 bits per heavy atom. The van der Waals surface area contributed by atoms with Crippen molar-refractivity contribution >= 4 is 39.3 Å². The molecule has 1 N–H and O–H groups in total. The number of piperazine rings is 1. The number of hydrogen-bond acceptors (Lipinski definition) is 2. The molecule has 1 aliphatic carbocycles. The van der Waals surface area contributed by atoms with E-state index in [4.69, 9.17) is 11.6 Å². The Labute approximate surface area is 137 Å². The minimum atomic E-state index is -0.753. The Morgan fingerprint density at radius 1 is 1.43 bits per heavy atom. The maximum atomic E-state index is 12.7. The molecule has 21 heavy (non-hydrogen) atoms. The third kappa shape index (κ3) is 2.81. The quantitative estimate of drug-likeness (QED) is 0.888. The number of hydrogen-bond donors (Lipinski definition) is 1. The average molecular weight is 372 g/mol. The molecule has 0 spiro atoms. The minimum Gasteiger partial charge on any atom is -0.340 e. The summed E-state index contributed by atoms with van der Waals surface area (Å²) < 4.78 is 0.891. The number of nitrogens with one attached hydrogen (secondary N) is 1. The third-order valence-corrected chi connectivity index (χ3v) is 5.08. The van der Waals surface area contributed by atoms with E-state index in [9.17, 15) is 9.59 Å². The highest BCUT2D eigenvalue weighted by molar-refractivity contribution is 9.10. The zero-order chi connectivity index (χ0) is 15.2. The first-order valence-electron chi connectivity index (χ1n) is 6.94. The van der Waals surface area contributed by atoms with E-state index in [2.05, 4.69) is 21.2 Å². The van der Waals surface area contributed by atoms with Crippen molar-refractivity contribution in [2.75, 3.05) is 6.54 Å². The minimum absolute atomic E-state index is 0.0106. The highest BCUT2D eigenvalue weighted by Gasteiger charge is 2.52. The standard InChI is InChI=1S/C15H16BrClN2O2/c1-15(10-3-4-10)14(21)19(8-13(20)18-15)7-9-2-5-11(16)6-12(9)17/h2,5-6,10H,3-4,7-8H2,1H3,(H,18,20). The van der Waals surface area contributed by atoms with Gasteiger partial charge < -0.3 is 10.2 Å². The van der Waals surface area contributed by atoms with Gasteiger partial charge in [0, 0.05) is 16.0 Å². The summed E-state index contributed by atoms with van der Waals surface area (Å²) >= 11 is 9.57. The molecule has 6 heteroatoms. The number of halogens is 2. The van der Waals surface area contributed by atoms with Gasteiger partial charge in [0.05, 0.1) is 6.54 Å². The molecule has 112 valence electrons. The fraction of sp³-hybridized carbons (Fsp3) is 0.467. The molecule has 1 unspecified atom stereocenters. The monoisotopic (exact) mass is 370 g/mol. The van der Waals surface area contributed by atoms with Crippen molar-refractivity contribution in [2.24, 2.45) is 5.92 Å². The second-order valence-corrected chi connectivity index (χ2v) is 7.24. The molecule has 4 nitrogen and oxygen atoms in total. The number of rotatable bonds is 3. The topological polar surface area (TPSA) is 49.4 Å². The molecule has 0 radical (unpaired) electrons. The van der Waals surface area contributed by atoms with E-state index in [1.165, 1.54) is 0 Å². The molecular formula is C15H16BrClN2O2. The van der Waals surface area contributed by atoms with E-state index in [0.717, 1.165) is 22.9 Å². The van der Waals surface area contributed by atoms with Gasteiger partial charge in [-0.3, -0.25) is 9.59 Å². The normalized spacial score (nSPS) is 26.0. The van der Waals surface area contributed by atoms with Gasteiger partial charge in [-0.05, 0) is 43.4 Å². The van der Waals surface area contributed by atoms with Gasteiger partial charge in [0.1, 0.15) is 5.54 Å². The van der Waals surface area contributed by atoms with Crippen molar-refractivity contribution in [2.45, 2.75) is 31.8 Å². The molecule has 2 aliphatic rings. The zero-order valence-electron chi connectivity index (χ0n) is 11.7. The lowest BCUT2D eigenvalue weighted by Crippen LogP contribution is -2.66. The summed E-state index contributed by atoms with van der Waals surface area (Å²) in [5.74, 6) is 0.151. The van der Waals surface area contributed by atoms with Crippen LogP contribution in [0.2, 0.25) is 5.02 Å². The van der Waals surface area contributed by atoms with Crippen molar-refractivity contribution in [1.29, 1.82) is 0 Å². The first-order valence-corrected chi connectivity index (χ1v) is 8.11. The van der Waals surface area contributed by atoms with Gasteiger partial charge in [-0.25, -0.2) is 0 Å². The first-order chi connectivity index (χ1) is 9.90. The van der Waals surface area contributed by atoms with E-state index >= 15 is 0 Å². The summed E-state index contributed by atoms with van der Waals surface area (Å²) in [5.41, 5.74) is 0.0954. The summed E-state index contributed by atoms with van der Waals surface area (Å²) in [5, 5.41) is 3.47. The molecule has 1 saturated heterocycles. The van der Waals surface area contributed by atoms with E-state index in [1.54, 1.807) is 11.0 Å². The Hall–Kier alpha value is -1.07. The van der Waals surface area contributed by atoms with Crippen LogP contribution in [0.5, 0.6) is 0 Å². The first kappa shape index (κ1) is 14.9. The van der Waals surface area contributed by atoms with Crippen LogP contribution in [0, 0.1) is 5.92 Å². The van der Waals surface area contributed by atoms with Gasteiger partial charge in [-0.1, -0.05) is 33.6 Å². The van der Waals surface area contributed by atoms with Crippen LogP contribution >= 0.6 is 27.5 Å². The fourth-order valence-electron chi connectivity index (χ4n) is 2.88. The smallest absolute Gasteiger partial charge is 0.249 e. The lowest BCUT2D eigenvalue weighted by molar-refractivity contribution is -0.150. The van der Waals surface area contributed by atoms with Gasteiger partial charge in [-0.2, -0.15) is 0 Å². The molecular weight excluding hydrogens is 356 g/mol. The van der Waals surface area contributed by atoms with Crippen LogP contribution in [-0.4, -0.2) is 28.8 Å². The average Bonchev–Trinajstić information content (AvgIpc) is 3.23. The molecule has 2 fully saturated rings. The van der Waals surface area contributed by atoms with E-state index in [0.29, 0.717) is 11.6 Å². The van der Waals surface area contributed by atoms with Crippen molar-refractivity contribution in [3.63, 3.8) is 0 Å². The van der Waals surface area contributed by atoms with Gasteiger partial charge in [0.15, 0.2) is 0 Å². The van der Waals surface area contributed by atoms with Crippen LogP contribution in [0.4, 0.5) is 0 Å². The SMILES string of the molecule is CC1(C2CC2)NC(=O)CN(Cc2ccc(Br)cc2Cl)C1=O. The van der Waals surface area contributed by atoms with Crippen molar-refractivity contribution in [3.05, 3.63) is 33.3 Å². The van der Waals surface area contributed by atoms with Crippen molar-refractivity contribution < 1.29 is 9.59 Å². The van der Waals surface area contributed by atoms with E-state index in [1.807, 2.05) is 19.1 Å². The van der Waals surface area contributed by atoms with Crippen molar-refractivity contribution in [1.82, 2.24) is 10.2 Å². The molecule has 0 bridgehead atoms. The third-order valence-electron chi connectivity index (χ3n) is 4.24. The second kappa shape index (κ2) is 5.29. The summed E-state index contributed by atoms with van der Waals surface area (Å²) in [6.07, 6.45) is 1.99. The molecule has 1 aromatic carbocycles. The van der Waals surface area contributed by atoms with E-state index < -0.39 is 5.54 Å². The van der Waals surface area contributed by atoms with Crippen LogP contribution in [0.3, 0.4) is 0 Å². The summed E-state index contributed by atoms with van der Waals surface area (Å²) in [6.45, 7) is 2.29. The Balaban J connectivity index is 1.83. The summed E-state index contributed by atoms with van der Waals surface area (Å²) in [4.78, 5) is 26.3. The molecule has 2 amide bonds. The highest BCUT2D eigenvalue weighted by atomic mass is 79.9. The summed E-state index contributed by atoms with van der Waals surface area (Å²) in [6, 6.07) is 5.56. The molecule has 1 heterocycles. The van der Waals surface area contributed by atoms with Crippen LogP contribution < -0.4 is 5.32 Å². The number of carbonyl (C=O) groups is 2. The summed E-state index contributed by atoms with van der Waals surface area (Å²) in [7, 11) is 0. The number of benzene rings is 1. The predicted octanol–water partition coefficient (Wildman–Crippen LogP) is 2.73. The lowest BCUT2D eigenvalue weighted by Gasteiger charge is -2.40. The molecule has 0 aromatic heterocycles. The lowest BCUT2D eigenvalue weighted by atomic mass is 9.91.